The fourth-order valence-electron chi connectivity index (χ4n) is 3.12. The highest BCUT2D eigenvalue weighted by atomic mass is 35.5. The zero-order valence-electron chi connectivity index (χ0n) is 11.9. The summed E-state index contributed by atoms with van der Waals surface area (Å²) in [7, 11) is 0. The van der Waals surface area contributed by atoms with E-state index in [2.05, 4.69) is 35.2 Å². The Labute approximate surface area is 123 Å². The van der Waals surface area contributed by atoms with Crippen LogP contribution in [-0.2, 0) is 6.42 Å². The first kappa shape index (κ1) is 14.9. The van der Waals surface area contributed by atoms with Gasteiger partial charge in [0, 0.05) is 11.9 Å². The van der Waals surface area contributed by atoms with Crippen LogP contribution in [0, 0.1) is 0 Å². The summed E-state index contributed by atoms with van der Waals surface area (Å²) in [4.78, 5) is 2.69. The molecule has 1 saturated heterocycles. The molecule has 0 N–H and O–H groups in total. The van der Waals surface area contributed by atoms with E-state index in [0.717, 1.165) is 11.9 Å². The molecule has 0 saturated carbocycles. The Kier molecular flexibility index (Phi) is 6.73. The Bertz CT molecular complexity index is 338. The molecule has 1 unspecified atom stereocenters. The molecule has 0 bridgehead atoms. The monoisotopic (exact) mass is 279 g/mol. The molecular weight excluding hydrogens is 254 g/mol. The predicted octanol–water partition coefficient (Wildman–Crippen LogP) is 4.49. The van der Waals surface area contributed by atoms with Crippen LogP contribution in [0.3, 0.4) is 0 Å². The van der Waals surface area contributed by atoms with Crippen molar-refractivity contribution in [1.29, 1.82) is 0 Å². The molecule has 1 aromatic carbocycles. The highest BCUT2D eigenvalue weighted by Crippen LogP contribution is 2.22. The molecule has 1 aromatic rings. The highest BCUT2D eigenvalue weighted by molar-refractivity contribution is 6.17. The average molecular weight is 280 g/mol. The summed E-state index contributed by atoms with van der Waals surface area (Å²) in [5.74, 6) is 0.818. The van der Waals surface area contributed by atoms with Gasteiger partial charge in [-0.05, 0) is 63.6 Å². The van der Waals surface area contributed by atoms with E-state index in [4.69, 9.17) is 11.6 Å². The minimum Gasteiger partial charge on any atom is -0.300 e. The Morgan fingerprint density at radius 3 is 2.74 bits per heavy atom. The zero-order chi connectivity index (χ0) is 13.3. The van der Waals surface area contributed by atoms with Crippen molar-refractivity contribution in [2.45, 2.75) is 51.0 Å². The van der Waals surface area contributed by atoms with Gasteiger partial charge in [0.05, 0.1) is 0 Å². The standard InChI is InChI=1S/C17H26ClN/c18-13-6-11-17-12-7-15-19(17)14-5-4-10-16-8-2-1-3-9-16/h1-3,8-9,17H,4-7,10-15H2. The molecule has 0 radical (unpaired) electrons. The summed E-state index contributed by atoms with van der Waals surface area (Å²) in [6.45, 7) is 2.58. The Hall–Kier alpha value is -0.530. The van der Waals surface area contributed by atoms with Crippen molar-refractivity contribution in [3.8, 4) is 0 Å². The van der Waals surface area contributed by atoms with E-state index in [-0.39, 0.29) is 0 Å². The molecule has 0 aliphatic carbocycles. The average Bonchev–Trinajstić information content (AvgIpc) is 2.90. The topological polar surface area (TPSA) is 3.24 Å². The van der Waals surface area contributed by atoms with Crippen molar-refractivity contribution in [2.75, 3.05) is 19.0 Å². The lowest BCUT2D eigenvalue weighted by atomic mass is 10.1. The van der Waals surface area contributed by atoms with Gasteiger partial charge in [-0.15, -0.1) is 11.6 Å². The van der Waals surface area contributed by atoms with E-state index in [1.54, 1.807) is 0 Å². The van der Waals surface area contributed by atoms with Gasteiger partial charge in [0.2, 0.25) is 0 Å². The Balaban J connectivity index is 1.62. The lowest BCUT2D eigenvalue weighted by Gasteiger charge is -2.24. The number of nitrogens with zero attached hydrogens (tertiary/aromatic N) is 1. The van der Waals surface area contributed by atoms with Crippen molar-refractivity contribution in [3.05, 3.63) is 35.9 Å². The van der Waals surface area contributed by atoms with E-state index < -0.39 is 0 Å². The smallest absolute Gasteiger partial charge is 0.0224 e. The van der Waals surface area contributed by atoms with Gasteiger partial charge in [0.25, 0.3) is 0 Å². The van der Waals surface area contributed by atoms with Crippen molar-refractivity contribution in [1.82, 2.24) is 4.90 Å². The third kappa shape index (κ3) is 5.16. The molecule has 1 atom stereocenters. The molecule has 1 heterocycles. The lowest BCUT2D eigenvalue weighted by molar-refractivity contribution is 0.237. The van der Waals surface area contributed by atoms with Crippen molar-refractivity contribution < 1.29 is 0 Å². The predicted molar refractivity (Wildman–Crippen MR) is 83.9 cm³/mol. The van der Waals surface area contributed by atoms with Gasteiger partial charge in [0.1, 0.15) is 0 Å². The van der Waals surface area contributed by atoms with Crippen molar-refractivity contribution in [3.63, 3.8) is 0 Å². The zero-order valence-corrected chi connectivity index (χ0v) is 12.6. The lowest BCUT2D eigenvalue weighted by Crippen LogP contribution is -2.30. The van der Waals surface area contributed by atoms with Crippen LogP contribution >= 0.6 is 11.6 Å². The molecule has 1 aliphatic heterocycles. The van der Waals surface area contributed by atoms with Crippen LogP contribution in [-0.4, -0.2) is 29.9 Å². The first-order valence-electron chi connectivity index (χ1n) is 7.74. The second-order valence-electron chi connectivity index (χ2n) is 5.61. The number of likely N-dealkylation sites (tertiary alicyclic amines) is 1. The Morgan fingerprint density at radius 2 is 1.95 bits per heavy atom. The number of hydrogen-bond acceptors (Lipinski definition) is 1. The third-order valence-electron chi connectivity index (χ3n) is 4.17. The van der Waals surface area contributed by atoms with Gasteiger partial charge in [-0.2, -0.15) is 0 Å². The number of hydrogen-bond donors (Lipinski definition) is 0. The quantitative estimate of drug-likeness (QED) is 0.500. The Morgan fingerprint density at radius 1 is 1.11 bits per heavy atom. The number of rotatable bonds is 8. The molecule has 106 valence electrons. The molecule has 1 aliphatic rings. The van der Waals surface area contributed by atoms with Crippen molar-refractivity contribution in [2.24, 2.45) is 0 Å². The number of unbranched alkanes of at least 4 members (excludes halogenated alkanes) is 1. The first-order chi connectivity index (χ1) is 9.40. The van der Waals surface area contributed by atoms with Crippen LogP contribution in [0.4, 0.5) is 0 Å². The molecule has 0 aromatic heterocycles. The molecule has 19 heavy (non-hydrogen) atoms. The van der Waals surface area contributed by atoms with E-state index in [9.17, 15) is 0 Å². The summed E-state index contributed by atoms with van der Waals surface area (Å²) in [5, 5.41) is 0. The normalized spacial score (nSPS) is 19.9. The summed E-state index contributed by atoms with van der Waals surface area (Å²) >= 11 is 5.80. The van der Waals surface area contributed by atoms with Crippen LogP contribution in [0.1, 0.15) is 44.1 Å². The maximum Gasteiger partial charge on any atom is 0.0224 e. The second kappa shape index (κ2) is 8.60. The van der Waals surface area contributed by atoms with Crippen LogP contribution in [0.2, 0.25) is 0 Å². The maximum absolute atomic E-state index is 5.80. The van der Waals surface area contributed by atoms with Gasteiger partial charge in [-0.25, -0.2) is 0 Å². The van der Waals surface area contributed by atoms with Crippen LogP contribution < -0.4 is 0 Å². The highest BCUT2D eigenvalue weighted by Gasteiger charge is 2.22. The summed E-state index contributed by atoms with van der Waals surface area (Å²) in [5.41, 5.74) is 1.47. The fraction of sp³-hybridized carbons (Fsp3) is 0.647. The SMILES string of the molecule is ClCCCC1CCCN1CCCCc1ccccc1. The molecule has 0 amide bonds. The molecule has 0 spiro atoms. The van der Waals surface area contributed by atoms with E-state index in [0.29, 0.717) is 0 Å². The number of alkyl halides is 1. The van der Waals surface area contributed by atoms with Gasteiger partial charge in [0.15, 0.2) is 0 Å². The van der Waals surface area contributed by atoms with Crippen LogP contribution in [0.15, 0.2) is 30.3 Å². The van der Waals surface area contributed by atoms with Crippen LogP contribution in [0.5, 0.6) is 0 Å². The van der Waals surface area contributed by atoms with Gasteiger partial charge >= 0.3 is 0 Å². The fourth-order valence-corrected chi connectivity index (χ4v) is 3.27. The minimum absolute atomic E-state index is 0.815. The van der Waals surface area contributed by atoms with Crippen molar-refractivity contribution >= 4 is 11.6 Å². The third-order valence-corrected chi connectivity index (χ3v) is 4.44. The van der Waals surface area contributed by atoms with Crippen LogP contribution in [0.25, 0.3) is 0 Å². The van der Waals surface area contributed by atoms with Gasteiger partial charge in [-0.1, -0.05) is 30.3 Å². The summed E-state index contributed by atoms with van der Waals surface area (Å²) < 4.78 is 0. The molecule has 1 nitrogen and oxygen atoms in total. The molecule has 2 heteroatoms. The van der Waals surface area contributed by atoms with E-state index in [1.807, 2.05) is 0 Å². The summed E-state index contributed by atoms with van der Waals surface area (Å²) in [6.07, 6.45) is 9.09. The first-order valence-corrected chi connectivity index (χ1v) is 8.27. The number of benzene rings is 1. The summed E-state index contributed by atoms with van der Waals surface area (Å²) in [6, 6.07) is 11.7. The van der Waals surface area contributed by atoms with Gasteiger partial charge in [-0.3, -0.25) is 0 Å². The molecule has 1 fully saturated rings. The second-order valence-corrected chi connectivity index (χ2v) is 5.98. The van der Waals surface area contributed by atoms with E-state index >= 15 is 0 Å². The molecule has 2 rings (SSSR count). The van der Waals surface area contributed by atoms with E-state index in [1.165, 1.54) is 63.6 Å². The maximum atomic E-state index is 5.80. The number of aryl methyl sites for hydroxylation is 1. The molecular formula is C17H26ClN. The number of halogens is 1. The minimum atomic E-state index is 0.815. The largest absolute Gasteiger partial charge is 0.300 e. The van der Waals surface area contributed by atoms with Gasteiger partial charge < -0.3 is 4.90 Å².